The van der Waals surface area contributed by atoms with E-state index in [4.69, 9.17) is 10.3 Å². The van der Waals surface area contributed by atoms with Crippen LogP contribution >= 0.6 is 0 Å². The molecule has 0 atom stereocenters. The van der Waals surface area contributed by atoms with E-state index in [0.717, 1.165) is 10.9 Å². The zero-order valence-electron chi connectivity index (χ0n) is 11.4. The van der Waals surface area contributed by atoms with Gasteiger partial charge in [0.05, 0.1) is 6.42 Å². The predicted molar refractivity (Wildman–Crippen MR) is 80.4 cm³/mol. The lowest BCUT2D eigenvalue weighted by Crippen LogP contribution is -2.24. The number of benzene rings is 2. The highest BCUT2D eigenvalue weighted by Gasteiger charge is 2.11. The minimum absolute atomic E-state index is 0.100. The van der Waals surface area contributed by atoms with Gasteiger partial charge in [-0.05, 0) is 29.8 Å². The Kier molecular flexibility index (Phi) is 3.55. The molecule has 2 aromatic carbocycles. The highest BCUT2D eigenvalue weighted by Crippen LogP contribution is 2.18. The number of carbonyl (C=O) groups excluding carboxylic acids is 1. The van der Waals surface area contributed by atoms with Gasteiger partial charge in [-0.25, -0.2) is 0 Å². The molecule has 1 amide bonds. The third-order valence-electron chi connectivity index (χ3n) is 3.22. The molecular weight excluding hydrogens is 266 g/mol. The summed E-state index contributed by atoms with van der Waals surface area (Å²) in [4.78, 5) is 12.0. The summed E-state index contributed by atoms with van der Waals surface area (Å²) >= 11 is 0. The monoisotopic (exact) mass is 281 g/mol. The van der Waals surface area contributed by atoms with Gasteiger partial charge >= 0.3 is 0 Å². The molecule has 0 aliphatic rings. The molecule has 1 heterocycles. The van der Waals surface area contributed by atoms with E-state index in [9.17, 15) is 4.79 Å². The van der Waals surface area contributed by atoms with Gasteiger partial charge in [0.1, 0.15) is 5.69 Å². The van der Waals surface area contributed by atoms with Gasteiger partial charge in [0.2, 0.25) is 5.91 Å². The fourth-order valence-electron chi connectivity index (χ4n) is 2.18. The topological polar surface area (TPSA) is 81.1 Å². The van der Waals surface area contributed by atoms with Crippen molar-refractivity contribution in [2.45, 2.75) is 13.0 Å². The first-order valence-electron chi connectivity index (χ1n) is 6.67. The van der Waals surface area contributed by atoms with E-state index in [2.05, 4.69) is 10.5 Å². The molecule has 0 unspecified atom stereocenters. The van der Waals surface area contributed by atoms with E-state index in [1.165, 1.54) is 0 Å². The number of amides is 1. The van der Waals surface area contributed by atoms with Crippen molar-refractivity contribution in [1.82, 2.24) is 10.5 Å². The van der Waals surface area contributed by atoms with Crippen molar-refractivity contribution in [1.29, 1.82) is 0 Å². The standard InChI is InChI=1S/C16H15N3O2/c17-12-5-3-4-11(8-12)10-18-16(20)9-14-13-6-1-2-7-15(13)21-19-14/h1-8H,9-10,17H2,(H,18,20). The van der Waals surface area contributed by atoms with E-state index in [1.54, 1.807) is 0 Å². The lowest BCUT2D eigenvalue weighted by atomic mass is 10.1. The molecule has 0 saturated carbocycles. The summed E-state index contributed by atoms with van der Waals surface area (Å²) in [6.45, 7) is 0.444. The Balaban J connectivity index is 1.64. The molecule has 0 aliphatic carbocycles. The first-order valence-corrected chi connectivity index (χ1v) is 6.67. The zero-order chi connectivity index (χ0) is 14.7. The Hall–Kier alpha value is -2.82. The number of hydrogen-bond donors (Lipinski definition) is 2. The molecule has 1 aromatic heterocycles. The normalized spacial score (nSPS) is 10.7. The van der Waals surface area contributed by atoms with Crippen molar-refractivity contribution >= 4 is 22.6 Å². The molecule has 21 heavy (non-hydrogen) atoms. The fraction of sp³-hybridized carbons (Fsp3) is 0.125. The Labute approximate surface area is 121 Å². The van der Waals surface area contributed by atoms with Gasteiger partial charge in [-0.2, -0.15) is 0 Å². The van der Waals surface area contributed by atoms with E-state index in [1.807, 2.05) is 48.5 Å². The average Bonchev–Trinajstić information content (AvgIpc) is 2.89. The van der Waals surface area contributed by atoms with Gasteiger partial charge in [0.25, 0.3) is 0 Å². The highest BCUT2D eigenvalue weighted by molar-refractivity contribution is 5.86. The summed E-state index contributed by atoms with van der Waals surface area (Å²) in [7, 11) is 0. The number of nitrogens with two attached hydrogens (primary N) is 1. The minimum atomic E-state index is -0.100. The number of fused-ring (bicyclic) bond motifs is 1. The molecule has 5 nitrogen and oxygen atoms in total. The van der Waals surface area contributed by atoms with Crippen LogP contribution in [0.1, 0.15) is 11.3 Å². The van der Waals surface area contributed by atoms with Crippen molar-refractivity contribution in [2.24, 2.45) is 0 Å². The summed E-state index contributed by atoms with van der Waals surface area (Å²) in [5.41, 5.74) is 8.69. The molecule has 0 bridgehead atoms. The lowest BCUT2D eigenvalue weighted by Gasteiger charge is -2.05. The van der Waals surface area contributed by atoms with Crippen LogP contribution in [0.2, 0.25) is 0 Å². The summed E-state index contributed by atoms with van der Waals surface area (Å²) < 4.78 is 5.18. The highest BCUT2D eigenvalue weighted by atomic mass is 16.5. The first kappa shape index (κ1) is 13.2. The van der Waals surface area contributed by atoms with Crippen LogP contribution in [0.3, 0.4) is 0 Å². The number of carbonyl (C=O) groups is 1. The summed E-state index contributed by atoms with van der Waals surface area (Å²) in [5.74, 6) is -0.100. The van der Waals surface area contributed by atoms with Gasteiger partial charge in [-0.1, -0.05) is 29.4 Å². The second kappa shape index (κ2) is 5.66. The van der Waals surface area contributed by atoms with Gasteiger partial charge in [0, 0.05) is 17.6 Å². The van der Waals surface area contributed by atoms with Crippen LogP contribution in [-0.4, -0.2) is 11.1 Å². The predicted octanol–water partition coefficient (Wildman–Crippen LogP) is 2.27. The molecule has 0 spiro atoms. The smallest absolute Gasteiger partial charge is 0.226 e. The van der Waals surface area contributed by atoms with Crippen LogP contribution in [0.4, 0.5) is 5.69 Å². The first-order chi connectivity index (χ1) is 10.2. The van der Waals surface area contributed by atoms with Gasteiger partial charge in [-0.3, -0.25) is 4.79 Å². The third-order valence-corrected chi connectivity index (χ3v) is 3.22. The van der Waals surface area contributed by atoms with Crippen molar-refractivity contribution in [3.8, 4) is 0 Å². The second-order valence-electron chi connectivity index (χ2n) is 4.82. The Morgan fingerprint density at radius 3 is 2.90 bits per heavy atom. The van der Waals surface area contributed by atoms with Crippen molar-refractivity contribution < 1.29 is 9.32 Å². The van der Waals surface area contributed by atoms with E-state index in [0.29, 0.717) is 23.5 Å². The fourth-order valence-corrected chi connectivity index (χ4v) is 2.18. The molecule has 3 aromatic rings. The lowest BCUT2D eigenvalue weighted by molar-refractivity contribution is -0.120. The van der Waals surface area contributed by atoms with Crippen molar-refractivity contribution in [2.75, 3.05) is 5.73 Å². The van der Waals surface area contributed by atoms with E-state index in [-0.39, 0.29) is 12.3 Å². The van der Waals surface area contributed by atoms with Crippen LogP contribution in [0.5, 0.6) is 0 Å². The number of nitrogen functional groups attached to an aromatic ring is 1. The van der Waals surface area contributed by atoms with E-state index < -0.39 is 0 Å². The van der Waals surface area contributed by atoms with Gasteiger partial charge < -0.3 is 15.6 Å². The number of aromatic nitrogens is 1. The number of rotatable bonds is 4. The second-order valence-corrected chi connectivity index (χ2v) is 4.82. The summed E-state index contributed by atoms with van der Waals surface area (Å²) in [6, 6.07) is 14.9. The molecule has 106 valence electrons. The molecule has 0 aliphatic heterocycles. The molecule has 0 saturated heterocycles. The van der Waals surface area contributed by atoms with Crippen LogP contribution in [-0.2, 0) is 17.8 Å². The van der Waals surface area contributed by atoms with Crippen molar-refractivity contribution in [3.63, 3.8) is 0 Å². The van der Waals surface area contributed by atoms with E-state index >= 15 is 0 Å². The van der Waals surface area contributed by atoms with Crippen LogP contribution in [0.25, 0.3) is 11.0 Å². The Bertz CT molecular complexity index is 780. The molecular formula is C16H15N3O2. The quantitative estimate of drug-likeness (QED) is 0.719. The Morgan fingerprint density at radius 1 is 1.19 bits per heavy atom. The van der Waals surface area contributed by atoms with Crippen LogP contribution in [0, 0.1) is 0 Å². The number of anilines is 1. The molecule has 3 N–H and O–H groups in total. The average molecular weight is 281 g/mol. The number of nitrogens with zero attached hydrogens (tertiary/aromatic N) is 1. The molecule has 3 rings (SSSR count). The SMILES string of the molecule is Nc1cccc(CNC(=O)Cc2noc3ccccc23)c1. The molecule has 0 fully saturated rings. The largest absolute Gasteiger partial charge is 0.399 e. The zero-order valence-corrected chi connectivity index (χ0v) is 11.4. The molecule has 0 radical (unpaired) electrons. The molecule has 5 heteroatoms. The van der Waals surface area contributed by atoms with Gasteiger partial charge in [0.15, 0.2) is 5.58 Å². The third kappa shape index (κ3) is 3.02. The maximum Gasteiger partial charge on any atom is 0.226 e. The Morgan fingerprint density at radius 2 is 2.05 bits per heavy atom. The number of nitrogens with one attached hydrogen (secondary N) is 1. The van der Waals surface area contributed by atoms with Crippen LogP contribution in [0.15, 0.2) is 53.1 Å². The maximum atomic E-state index is 12.0. The number of hydrogen-bond acceptors (Lipinski definition) is 4. The summed E-state index contributed by atoms with van der Waals surface area (Å²) in [5, 5.41) is 7.67. The van der Waals surface area contributed by atoms with Gasteiger partial charge in [-0.15, -0.1) is 0 Å². The minimum Gasteiger partial charge on any atom is -0.399 e. The van der Waals surface area contributed by atoms with Crippen molar-refractivity contribution in [3.05, 3.63) is 59.8 Å². The summed E-state index contributed by atoms with van der Waals surface area (Å²) in [6.07, 6.45) is 0.194. The number of para-hydroxylation sites is 1. The van der Waals surface area contributed by atoms with Crippen LogP contribution < -0.4 is 11.1 Å². The maximum absolute atomic E-state index is 12.0.